The highest BCUT2D eigenvalue weighted by molar-refractivity contribution is 7.61. The largest absolute Gasteiger partial charge is 0.483 e. The Morgan fingerprint density at radius 3 is 2.07 bits per heavy atom. The lowest BCUT2D eigenvalue weighted by Gasteiger charge is -2.43. The summed E-state index contributed by atoms with van der Waals surface area (Å²) >= 11 is 0. The Morgan fingerprint density at radius 2 is 1.50 bits per heavy atom. The molecule has 0 spiro atoms. The van der Waals surface area contributed by atoms with Gasteiger partial charge in [-0.25, -0.2) is 13.9 Å². The van der Waals surface area contributed by atoms with Crippen LogP contribution in [0.3, 0.4) is 0 Å². The number of ether oxygens (including phenoxy) is 3. The van der Waals surface area contributed by atoms with Gasteiger partial charge in [-0.2, -0.15) is 4.31 Å². The molecule has 11 atom stereocenters. The van der Waals surface area contributed by atoms with Gasteiger partial charge in [0.2, 0.25) is 5.91 Å². The zero-order valence-corrected chi connectivity index (χ0v) is 32.0. The second-order valence-corrected chi connectivity index (χ2v) is 16.2. The van der Waals surface area contributed by atoms with Crippen molar-refractivity contribution < 1.29 is 76.5 Å². The van der Waals surface area contributed by atoms with E-state index in [1.165, 1.54) is 32.1 Å². The van der Waals surface area contributed by atoms with Crippen LogP contribution in [0.15, 0.2) is 21.9 Å². The van der Waals surface area contributed by atoms with Crippen molar-refractivity contribution in [1.29, 1.82) is 0 Å². The van der Waals surface area contributed by atoms with Gasteiger partial charge in [-0.15, -0.1) is 0 Å². The predicted octanol–water partition coefficient (Wildman–Crippen LogP) is 0.602. The summed E-state index contributed by atoms with van der Waals surface area (Å²) in [6, 6.07) is -0.758. The minimum atomic E-state index is -5.73. The molecule has 0 aromatic carbocycles. The number of aromatic amines is 1. The van der Waals surface area contributed by atoms with Crippen molar-refractivity contribution in [2.24, 2.45) is 0 Å². The quantitative estimate of drug-likeness (QED) is 0.0426. The number of unbranched alkanes of at least 4 members (excludes halogenated alkanes) is 10. The summed E-state index contributed by atoms with van der Waals surface area (Å²) in [7, 11) is -11.3. The number of phosphoric ester groups is 2. The molecule has 2 aliphatic rings. The number of aliphatic hydroxyl groups is 4. The van der Waals surface area contributed by atoms with Crippen molar-refractivity contribution in [3.05, 3.63) is 33.1 Å². The minimum absolute atomic E-state index is 0.0609. The number of carbonyl (C=O) groups is 2. The molecule has 2 aliphatic heterocycles. The van der Waals surface area contributed by atoms with Gasteiger partial charge in [-0.1, -0.05) is 71.1 Å². The van der Waals surface area contributed by atoms with Gasteiger partial charge < -0.3 is 49.7 Å². The molecule has 310 valence electrons. The van der Waals surface area contributed by atoms with Crippen LogP contribution in [0.25, 0.3) is 0 Å². The fraction of sp³-hybridized carbons (Fsp3) is 0.806. The number of rotatable bonds is 23. The predicted molar refractivity (Wildman–Crippen MR) is 185 cm³/mol. The van der Waals surface area contributed by atoms with Gasteiger partial charge in [0.05, 0.1) is 13.2 Å². The Hall–Kier alpha value is -2.36. The number of aromatic nitrogens is 2. The average Bonchev–Trinajstić information content (AvgIpc) is 3.37. The number of nitrogens with zero attached hydrogens (tertiary/aromatic N) is 1. The molecule has 1 aromatic heterocycles. The number of hydrogen-bond donors (Lipinski definition) is 8. The number of phosphoric acid groups is 2. The van der Waals surface area contributed by atoms with Crippen molar-refractivity contribution in [1.82, 2.24) is 14.9 Å². The second kappa shape index (κ2) is 21.8. The maximum Gasteiger partial charge on any atom is 0.483 e. The van der Waals surface area contributed by atoms with Crippen molar-refractivity contribution in [2.75, 3.05) is 13.2 Å². The Bertz CT molecular complexity index is 1560. The van der Waals surface area contributed by atoms with Crippen LogP contribution >= 0.6 is 15.6 Å². The third kappa shape index (κ3) is 14.3. The van der Waals surface area contributed by atoms with Crippen molar-refractivity contribution >= 4 is 27.5 Å². The van der Waals surface area contributed by atoms with E-state index in [9.17, 15) is 58.5 Å². The summed E-state index contributed by atoms with van der Waals surface area (Å²) < 4.78 is 56.5. The molecule has 0 aliphatic carbocycles. The summed E-state index contributed by atoms with van der Waals surface area (Å²) in [5, 5.41) is 43.6. The van der Waals surface area contributed by atoms with Gasteiger partial charge >= 0.3 is 27.3 Å². The maximum atomic E-state index is 13.0. The monoisotopic (exact) mass is 817 g/mol. The zero-order chi connectivity index (χ0) is 40.1. The number of aliphatic hydroxyl groups excluding tert-OH is 4. The molecule has 1 aromatic rings. The molecule has 2 unspecified atom stereocenters. The molecule has 54 heavy (non-hydrogen) atoms. The van der Waals surface area contributed by atoms with Crippen LogP contribution in [0, 0.1) is 0 Å². The fourth-order valence-electron chi connectivity index (χ4n) is 6.03. The van der Waals surface area contributed by atoms with Crippen LogP contribution in [0.2, 0.25) is 0 Å². The van der Waals surface area contributed by atoms with Crippen LogP contribution in [-0.2, 0) is 46.3 Å². The topological polar surface area (TPSA) is 312 Å². The average molecular weight is 818 g/mol. The second-order valence-electron chi connectivity index (χ2n) is 13.2. The molecular formula is C31H53N3O18P2. The molecular weight excluding hydrogens is 764 g/mol. The molecule has 3 rings (SSSR count). The van der Waals surface area contributed by atoms with Crippen molar-refractivity contribution in [2.45, 2.75) is 146 Å². The van der Waals surface area contributed by atoms with Gasteiger partial charge in [0.1, 0.15) is 36.6 Å². The van der Waals surface area contributed by atoms with Crippen molar-refractivity contribution in [3.63, 3.8) is 0 Å². The van der Waals surface area contributed by atoms with E-state index in [4.69, 9.17) is 18.7 Å². The minimum Gasteiger partial charge on any atom is -0.457 e. The highest BCUT2D eigenvalue weighted by Gasteiger charge is 2.52. The summed E-state index contributed by atoms with van der Waals surface area (Å²) in [6.45, 7) is 1.24. The van der Waals surface area contributed by atoms with E-state index in [0.717, 1.165) is 55.9 Å². The molecule has 3 heterocycles. The highest BCUT2D eigenvalue weighted by atomic mass is 31.3. The SMILES string of the molecule is CCCCCCCCCCCCCC(=O)O[C@H]1[C@H](O)[C@@H](CO)O[C@@H](OP(=O)(O)OP(=O)(O)OC[C@H]2O[C@@H](n3ccc(=O)[nH]c3=O)[C@H](O)[C@@H]2O)[C@@H]1NC(C)=O. The highest BCUT2D eigenvalue weighted by Crippen LogP contribution is 2.61. The molecule has 0 saturated carbocycles. The van der Waals surface area contributed by atoms with Crippen LogP contribution in [0.4, 0.5) is 0 Å². The smallest absolute Gasteiger partial charge is 0.457 e. The van der Waals surface area contributed by atoms with Crippen LogP contribution < -0.4 is 16.6 Å². The number of carbonyl (C=O) groups excluding carboxylic acids is 2. The van der Waals surface area contributed by atoms with E-state index < -0.39 is 107 Å². The third-order valence-electron chi connectivity index (χ3n) is 8.78. The van der Waals surface area contributed by atoms with Crippen LogP contribution in [-0.4, -0.2) is 114 Å². The number of H-pyrrole nitrogens is 1. The van der Waals surface area contributed by atoms with E-state index in [1.807, 2.05) is 4.98 Å². The van der Waals surface area contributed by atoms with Gasteiger partial charge in [-0.05, 0) is 6.42 Å². The molecule has 21 nitrogen and oxygen atoms in total. The summed E-state index contributed by atoms with van der Waals surface area (Å²) in [5.74, 6) is -1.57. The Kier molecular flexibility index (Phi) is 18.6. The first-order valence-corrected chi connectivity index (χ1v) is 20.9. The Labute approximate surface area is 311 Å². The van der Waals surface area contributed by atoms with E-state index in [1.54, 1.807) is 0 Å². The van der Waals surface area contributed by atoms with Gasteiger partial charge in [0.15, 0.2) is 18.6 Å². The zero-order valence-electron chi connectivity index (χ0n) is 30.2. The summed E-state index contributed by atoms with van der Waals surface area (Å²) in [5.41, 5.74) is -1.76. The van der Waals surface area contributed by atoms with Gasteiger partial charge in [0, 0.05) is 25.6 Å². The van der Waals surface area contributed by atoms with E-state index in [-0.39, 0.29) is 6.42 Å². The molecule has 0 radical (unpaired) electrons. The number of esters is 1. The number of hydrogen-bond acceptors (Lipinski definition) is 16. The molecule has 2 fully saturated rings. The van der Waals surface area contributed by atoms with E-state index in [0.29, 0.717) is 6.42 Å². The normalized spacial score (nSPS) is 29.3. The lowest BCUT2D eigenvalue weighted by molar-refractivity contribution is -0.253. The number of amides is 1. The number of nitrogens with one attached hydrogen (secondary N) is 2. The molecule has 23 heteroatoms. The van der Waals surface area contributed by atoms with Crippen LogP contribution in [0.5, 0.6) is 0 Å². The van der Waals surface area contributed by atoms with Gasteiger partial charge in [0.25, 0.3) is 5.56 Å². The third-order valence-corrected chi connectivity index (χ3v) is 11.4. The lowest BCUT2D eigenvalue weighted by atomic mass is 9.96. The van der Waals surface area contributed by atoms with E-state index >= 15 is 0 Å². The fourth-order valence-corrected chi connectivity index (χ4v) is 8.19. The summed E-state index contributed by atoms with van der Waals surface area (Å²) in [6.07, 6.45) is -1.58. The Balaban J connectivity index is 1.58. The summed E-state index contributed by atoms with van der Waals surface area (Å²) in [4.78, 5) is 70.9. The lowest BCUT2D eigenvalue weighted by Crippen LogP contribution is -2.65. The first-order chi connectivity index (χ1) is 25.5. The molecule has 0 bridgehead atoms. The van der Waals surface area contributed by atoms with Crippen molar-refractivity contribution in [3.8, 4) is 0 Å². The molecule has 2 saturated heterocycles. The molecule has 1 amide bonds. The van der Waals surface area contributed by atoms with Gasteiger partial charge in [-0.3, -0.25) is 33.0 Å². The maximum absolute atomic E-state index is 13.0. The Morgan fingerprint density at radius 1 is 0.889 bits per heavy atom. The first-order valence-electron chi connectivity index (χ1n) is 17.9. The first kappa shape index (κ1) is 46.0. The molecule has 8 N–H and O–H groups in total. The van der Waals surface area contributed by atoms with Crippen LogP contribution in [0.1, 0.15) is 97.1 Å². The standard InChI is InChI=1S/C31H53N3O18P2/c1-3-4-5-6-7-8-9-10-11-12-13-14-23(38)50-28-24(32-19(2)36)30(49-20(17-35)26(28)40)51-54(45,46)52-53(43,44)47-18-21-25(39)27(41)29(48-21)34-16-15-22(37)33-31(34)42/h15-16,20-21,24-30,35,39-41H,3-14,17-18H2,1-2H3,(H,32,36)(H,43,44)(H,45,46)(H,33,37,42)/t20-,21-,24-,25-,26-,27-,28-,29-,30+/m1/s1. The van der Waals surface area contributed by atoms with E-state index in [2.05, 4.69) is 21.1 Å².